The third-order valence-corrected chi connectivity index (χ3v) is 4.09. The fourth-order valence-electron chi connectivity index (χ4n) is 2.63. The maximum atomic E-state index is 6.27. The lowest BCUT2D eigenvalue weighted by Crippen LogP contribution is -2.11. The molecule has 3 nitrogen and oxygen atoms in total. The van der Waals surface area contributed by atoms with E-state index in [1.54, 1.807) is 6.20 Å². The van der Waals surface area contributed by atoms with Gasteiger partial charge in [0.15, 0.2) is 5.65 Å². The molecule has 1 aliphatic carbocycles. The zero-order valence-electron chi connectivity index (χ0n) is 11.1. The van der Waals surface area contributed by atoms with Gasteiger partial charge in [0.2, 0.25) is 0 Å². The standard InChI is InChI=1S/C14H17Cl2N3/c1-8(5-10-3-4-10)19-13(9(2)15)18-12-6-11(16)7-17-14(12)19/h6-10H,3-5H2,1-2H3. The largest absolute Gasteiger partial charge is 0.309 e. The molecule has 2 unspecified atom stereocenters. The van der Waals surface area contributed by atoms with Crippen molar-refractivity contribution < 1.29 is 0 Å². The summed E-state index contributed by atoms with van der Waals surface area (Å²) in [6.07, 6.45) is 5.55. The molecule has 0 bridgehead atoms. The first kappa shape index (κ1) is 13.2. The van der Waals surface area contributed by atoms with Gasteiger partial charge in [-0.1, -0.05) is 24.4 Å². The summed E-state index contributed by atoms with van der Waals surface area (Å²) in [7, 11) is 0. The molecule has 0 spiro atoms. The molecule has 2 heterocycles. The summed E-state index contributed by atoms with van der Waals surface area (Å²) in [6, 6.07) is 2.23. The normalized spacial score (nSPS) is 18.7. The van der Waals surface area contributed by atoms with Crippen molar-refractivity contribution in [3.05, 3.63) is 23.1 Å². The van der Waals surface area contributed by atoms with E-state index in [2.05, 4.69) is 21.5 Å². The van der Waals surface area contributed by atoms with E-state index in [4.69, 9.17) is 23.2 Å². The van der Waals surface area contributed by atoms with E-state index in [-0.39, 0.29) is 5.38 Å². The van der Waals surface area contributed by atoms with Crippen LogP contribution in [0.15, 0.2) is 12.3 Å². The van der Waals surface area contributed by atoms with Crippen LogP contribution in [-0.2, 0) is 0 Å². The number of alkyl halides is 1. The lowest BCUT2D eigenvalue weighted by molar-refractivity contribution is 0.469. The molecular weight excluding hydrogens is 281 g/mol. The summed E-state index contributed by atoms with van der Waals surface area (Å²) in [6.45, 7) is 4.17. The van der Waals surface area contributed by atoms with E-state index in [0.29, 0.717) is 11.1 Å². The van der Waals surface area contributed by atoms with Crippen LogP contribution in [0.25, 0.3) is 11.2 Å². The molecule has 1 saturated carbocycles. The van der Waals surface area contributed by atoms with Gasteiger partial charge in [0, 0.05) is 12.2 Å². The third kappa shape index (κ3) is 2.59. The van der Waals surface area contributed by atoms with Gasteiger partial charge in [-0.15, -0.1) is 11.6 Å². The van der Waals surface area contributed by atoms with Crippen molar-refractivity contribution in [1.29, 1.82) is 0 Å². The van der Waals surface area contributed by atoms with Gasteiger partial charge >= 0.3 is 0 Å². The summed E-state index contributed by atoms with van der Waals surface area (Å²) in [5.74, 6) is 1.75. The van der Waals surface area contributed by atoms with Crippen LogP contribution in [0.4, 0.5) is 0 Å². The maximum absolute atomic E-state index is 6.27. The highest BCUT2D eigenvalue weighted by atomic mass is 35.5. The van der Waals surface area contributed by atoms with E-state index in [1.165, 1.54) is 19.3 Å². The number of nitrogens with zero attached hydrogens (tertiary/aromatic N) is 3. The Labute approximate surface area is 122 Å². The van der Waals surface area contributed by atoms with Gasteiger partial charge in [-0.25, -0.2) is 9.97 Å². The van der Waals surface area contributed by atoms with Gasteiger partial charge < -0.3 is 4.57 Å². The third-order valence-electron chi connectivity index (χ3n) is 3.69. The van der Waals surface area contributed by atoms with E-state index in [0.717, 1.165) is 22.9 Å². The summed E-state index contributed by atoms with van der Waals surface area (Å²) < 4.78 is 2.18. The van der Waals surface area contributed by atoms with Crippen LogP contribution >= 0.6 is 23.2 Å². The number of pyridine rings is 1. The molecule has 5 heteroatoms. The molecule has 3 rings (SSSR count). The topological polar surface area (TPSA) is 30.7 Å². The molecule has 0 radical (unpaired) electrons. The SMILES string of the molecule is CC(Cl)c1nc2cc(Cl)cnc2n1C(C)CC1CC1. The number of hydrogen-bond donors (Lipinski definition) is 0. The second kappa shape index (κ2) is 4.95. The Kier molecular flexibility index (Phi) is 3.44. The molecule has 0 aliphatic heterocycles. The molecule has 102 valence electrons. The van der Waals surface area contributed by atoms with Crippen LogP contribution in [0.3, 0.4) is 0 Å². The predicted octanol–water partition coefficient (Wildman–Crippen LogP) is 4.75. The van der Waals surface area contributed by atoms with Crippen LogP contribution in [-0.4, -0.2) is 14.5 Å². The van der Waals surface area contributed by atoms with Crippen LogP contribution in [0, 0.1) is 5.92 Å². The molecule has 2 atom stereocenters. The van der Waals surface area contributed by atoms with Gasteiger partial charge in [0.1, 0.15) is 11.3 Å². The van der Waals surface area contributed by atoms with Gasteiger partial charge in [0.25, 0.3) is 0 Å². The smallest absolute Gasteiger partial charge is 0.160 e. The molecule has 1 fully saturated rings. The van der Waals surface area contributed by atoms with Crippen molar-refractivity contribution in [2.45, 2.75) is 44.5 Å². The Bertz CT molecular complexity index is 602. The summed E-state index contributed by atoms with van der Waals surface area (Å²) in [5.41, 5.74) is 1.72. The van der Waals surface area contributed by atoms with Crippen molar-refractivity contribution in [2.24, 2.45) is 5.92 Å². The minimum atomic E-state index is -0.130. The number of aromatic nitrogens is 3. The van der Waals surface area contributed by atoms with Gasteiger partial charge in [-0.3, -0.25) is 0 Å². The fraction of sp³-hybridized carbons (Fsp3) is 0.571. The predicted molar refractivity (Wildman–Crippen MR) is 78.9 cm³/mol. The summed E-state index contributed by atoms with van der Waals surface area (Å²) in [5, 5.41) is 0.482. The van der Waals surface area contributed by atoms with Crippen molar-refractivity contribution in [3.63, 3.8) is 0 Å². The van der Waals surface area contributed by atoms with Crippen LogP contribution in [0.5, 0.6) is 0 Å². The van der Waals surface area contributed by atoms with E-state index in [1.807, 2.05) is 13.0 Å². The minimum absolute atomic E-state index is 0.130. The molecule has 0 amide bonds. The molecule has 1 aliphatic rings. The average molecular weight is 298 g/mol. The highest BCUT2D eigenvalue weighted by Crippen LogP contribution is 2.38. The molecule has 2 aromatic rings. The minimum Gasteiger partial charge on any atom is -0.309 e. The van der Waals surface area contributed by atoms with E-state index >= 15 is 0 Å². The molecular formula is C14H17Cl2N3. The van der Waals surface area contributed by atoms with Gasteiger partial charge in [-0.2, -0.15) is 0 Å². The number of imidazole rings is 1. The summed E-state index contributed by atoms with van der Waals surface area (Å²) >= 11 is 12.3. The second-order valence-electron chi connectivity index (χ2n) is 5.48. The van der Waals surface area contributed by atoms with E-state index in [9.17, 15) is 0 Å². The van der Waals surface area contributed by atoms with Crippen LogP contribution < -0.4 is 0 Å². The second-order valence-corrected chi connectivity index (χ2v) is 6.57. The van der Waals surface area contributed by atoms with Crippen molar-refractivity contribution >= 4 is 34.4 Å². The van der Waals surface area contributed by atoms with Crippen molar-refractivity contribution in [3.8, 4) is 0 Å². The zero-order chi connectivity index (χ0) is 13.6. The Balaban J connectivity index is 2.09. The van der Waals surface area contributed by atoms with Crippen molar-refractivity contribution in [1.82, 2.24) is 14.5 Å². The lowest BCUT2D eigenvalue weighted by atomic mass is 10.1. The Morgan fingerprint density at radius 3 is 2.79 bits per heavy atom. The molecule has 0 N–H and O–H groups in total. The first-order valence-corrected chi connectivity index (χ1v) is 7.55. The molecule has 0 aromatic carbocycles. The van der Waals surface area contributed by atoms with Crippen LogP contribution in [0.1, 0.15) is 50.4 Å². The maximum Gasteiger partial charge on any atom is 0.160 e. The average Bonchev–Trinajstić information content (AvgIpc) is 3.06. The van der Waals surface area contributed by atoms with Gasteiger partial charge in [0.05, 0.1) is 10.4 Å². The first-order chi connectivity index (χ1) is 9.06. The Morgan fingerprint density at radius 2 is 2.16 bits per heavy atom. The molecule has 19 heavy (non-hydrogen) atoms. The lowest BCUT2D eigenvalue weighted by Gasteiger charge is -2.17. The summed E-state index contributed by atoms with van der Waals surface area (Å²) in [4.78, 5) is 9.05. The molecule has 2 aromatic heterocycles. The Hall–Kier alpha value is -0.800. The van der Waals surface area contributed by atoms with Crippen LogP contribution in [0.2, 0.25) is 5.02 Å². The fourth-order valence-corrected chi connectivity index (χ4v) is 2.94. The van der Waals surface area contributed by atoms with Crippen molar-refractivity contribution in [2.75, 3.05) is 0 Å². The first-order valence-electron chi connectivity index (χ1n) is 6.73. The van der Waals surface area contributed by atoms with E-state index < -0.39 is 0 Å². The highest BCUT2D eigenvalue weighted by Gasteiger charge is 2.27. The highest BCUT2D eigenvalue weighted by molar-refractivity contribution is 6.31. The number of rotatable bonds is 4. The van der Waals surface area contributed by atoms with Gasteiger partial charge in [-0.05, 0) is 32.3 Å². The zero-order valence-corrected chi connectivity index (χ0v) is 12.6. The number of hydrogen-bond acceptors (Lipinski definition) is 2. The quantitative estimate of drug-likeness (QED) is 0.763. The molecule has 0 saturated heterocycles. The number of fused-ring (bicyclic) bond motifs is 1. The monoisotopic (exact) mass is 297 g/mol. The Morgan fingerprint density at radius 1 is 1.42 bits per heavy atom. The number of halogens is 2.